The molecule has 3 rings (SSSR count). The number of benzene rings is 1. The lowest BCUT2D eigenvalue weighted by molar-refractivity contribution is -0.644. The van der Waals surface area contributed by atoms with Gasteiger partial charge in [0.05, 0.1) is 5.71 Å². The normalized spacial score (nSPS) is 23.8. The summed E-state index contributed by atoms with van der Waals surface area (Å²) >= 11 is 0. The number of rotatable bonds is 1. The minimum absolute atomic E-state index is 0.130. The van der Waals surface area contributed by atoms with Gasteiger partial charge in [-0.3, -0.25) is 5.43 Å². The maximum Gasteiger partial charge on any atom is 0.249 e. The van der Waals surface area contributed by atoms with E-state index in [1.807, 2.05) is 13.0 Å². The van der Waals surface area contributed by atoms with Gasteiger partial charge in [0, 0.05) is 29.1 Å². The number of nitrogens with one attached hydrogen (secondary N) is 2. The SMILES string of the molecule is CC1CC(O)NN=C1c1ccc2n[nH][n+]([O-])c2c1. The molecule has 7 nitrogen and oxygen atoms in total. The molecule has 1 aliphatic heterocycles. The molecule has 18 heavy (non-hydrogen) atoms. The van der Waals surface area contributed by atoms with Crippen LogP contribution in [0.3, 0.4) is 0 Å². The van der Waals surface area contributed by atoms with Gasteiger partial charge < -0.3 is 10.3 Å². The molecule has 1 aromatic heterocycles. The van der Waals surface area contributed by atoms with Gasteiger partial charge >= 0.3 is 0 Å². The minimum atomic E-state index is -0.606. The molecule has 0 saturated heterocycles. The van der Waals surface area contributed by atoms with E-state index < -0.39 is 6.23 Å². The third-order valence-electron chi connectivity index (χ3n) is 3.13. The van der Waals surface area contributed by atoms with Crippen molar-refractivity contribution in [2.45, 2.75) is 19.6 Å². The monoisotopic (exact) mass is 247 g/mol. The van der Waals surface area contributed by atoms with E-state index in [4.69, 9.17) is 0 Å². The van der Waals surface area contributed by atoms with Gasteiger partial charge in [-0.05, 0) is 12.1 Å². The second-order valence-corrected chi connectivity index (χ2v) is 4.49. The molecule has 0 amide bonds. The predicted octanol–water partition coefficient (Wildman–Crippen LogP) is -0.152. The number of H-pyrrole nitrogens is 1. The first-order valence-corrected chi connectivity index (χ1v) is 5.74. The van der Waals surface area contributed by atoms with Crippen molar-refractivity contribution in [3.05, 3.63) is 29.0 Å². The van der Waals surface area contributed by atoms with Crippen LogP contribution in [0.15, 0.2) is 23.3 Å². The van der Waals surface area contributed by atoms with Gasteiger partial charge in [-0.1, -0.05) is 12.1 Å². The van der Waals surface area contributed by atoms with Crippen LogP contribution in [0.4, 0.5) is 0 Å². The summed E-state index contributed by atoms with van der Waals surface area (Å²) in [6.07, 6.45) is -0.00884. The van der Waals surface area contributed by atoms with Crippen molar-refractivity contribution in [1.29, 1.82) is 0 Å². The van der Waals surface area contributed by atoms with E-state index in [2.05, 4.69) is 20.8 Å². The molecule has 1 aromatic carbocycles. The third kappa shape index (κ3) is 1.68. The topological polar surface area (TPSA) is 100 Å². The molecule has 0 aliphatic carbocycles. The van der Waals surface area contributed by atoms with Crippen LogP contribution in [-0.2, 0) is 0 Å². The van der Waals surface area contributed by atoms with Gasteiger partial charge in [-0.15, -0.1) is 0 Å². The molecule has 0 saturated carbocycles. The van der Waals surface area contributed by atoms with Gasteiger partial charge in [0.25, 0.3) is 0 Å². The number of hydrazone groups is 1. The molecule has 1 aliphatic rings. The molecule has 0 radical (unpaired) electrons. The van der Waals surface area contributed by atoms with Crippen LogP contribution in [0.1, 0.15) is 18.9 Å². The Morgan fingerprint density at radius 2 is 2.33 bits per heavy atom. The lowest BCUT2D eigenvalue weighted by Crippen LogP contribution is -2.36. The van der Waals surface area contributed by atoms with Crippen LogP contribution < -0.4 is 10.3 Å². The van der Waals surface area contributed by atoms with Crippen LogP contribution >= 0.6 is 0 Å². The van der Waals surface area contributed by atoms with Crippen molar-refractivity contribution < 1.29 is 9.95 Å². The number of fused-ring (bicyclic) bond motifs is 1. The highest BCUT2D eigenvalue weighted by molar-refractivity contribution is 6.03. The number of aliphatic hydroxyl groups is 1. The summed E-state index contributed by atoms with van der Waals surface area (Å²) < 4.78 is 0. The van der Waals surface area contributed by atoms with Gasteiger partial charge in [0.2, 0.25) is 11.0 Å². The maximum absolute atomic E-state index is 11.5. The zero-order chi connectivity index (χ0) is 12.7. The summed E-state index contributed by atoms with van der Waals surface area (Å²) in [5, 5.41) is 31.3. The van der Waals surface area contributed by atoms with Crippen molar-refractivity contribution in [2.75, 3.05) is 0 Å². The van der Waals surface area contributed by atoms with Crippen LogP contribution in [0.2, 0.25) is 0 Å². The number of hydrogen-bond acceptors (Lipinski definition) is 5. The van der Waals surface area contributed by atoms with E-state index in [0.717, 1.165) is 11.3 Å². The fraction of sp³-hybridized carbons (Fsp3) is 0.364. The average molecular weight is 247 g/mol. The van der Waals surface area contributed by atoms with Gasteiger partial charge in [0.1, 0.15) is 6.23 Å². The first-order valence-electron chi connectivity index (χ1n) is 5.74. The Kier molecular flexibility index (Phi) is 2.41. The number of nitrogens with zero attached hydrogens (tertiary/aromatic N) is 3. The molecule has 2 aromatic rings. The van der Waals surface area contributed by atoms with Crippen molar-refractivity contribution in [2.24, 2.45) is 11.0 Å². The standard InChI is InChI=1S/C11H13N5O2/c1-6-4-10(17)13-14-11(6)7-2-3-8-9(5-7)16(18)15-12-8/h2-3,5-6,10,13,15,17H,4H2,1H3. The van der Waals surface area contributed by atoms with Crippen LogP contribution in [0.5, 0.6) is 0 Å². The summed E-state index contributed by atoms with van der Waals surface area (Å²) in [6.45, 7) is 1.99. The molecule has 94 valence electrons. The summed E-state index contributed by atoms with van der Waals surface area (Å²) in [5.74, 6) is 0.130. The highest BCUT2D eigenvalue weighted by Crippen LogP contribution is 2.19. The lowest BCUT2D eigenvalue weighted by Gasteiger charge is -2.24. The molecule has 2 atom stereocenters. The Labute approximate surface area is 103 Å². The first-order chi connectivity index (χ1) is 8.65. The Morgan fingerprint density at radius 1 is 1.50 bits per heavy atom. The van der Waals surface area contributed by atoms with E-state index >= 15 is 0 Å². The number of aromatic amines is 1. The van der Waals surface area contributed by atoms with E-state index in [1.54, 1.807) is 12.1 Å². The second kappa shape index (κ2) is 3.95. The molecular formula is C11H13N5O2. The minimum Gasteiger partial charge on any atom is -0.692 e. The van der Waals surface area contributed by atoms with Crippen LogP contribution in [0.25, 0.3) is 11.0 Å². The van der Waals surface area contributed by atoms with E-state index in [9.17, 15) is 10.3 Å². The van der Waals surface area contributed by atoms with Crippen LogP contribution in [-0.4, -0.2) is 27.4 Å². The molecule has 0 bridgehead atoms. The fourth-order valence-corrected chi connectivity index (χ4v) is 2.20. The van der Waals surface area contributed by atoms with Gasteiger partial charge in [-0.2, -0.15) is 9.95 Å². The third-order valence-corrected chi connectivity index (χ3v) is 3.13. The fourth-order valence-electron chi connectivity index (χ4n) is 2.20. The van der Waals surface area contributed by atoms with Gasteiger partial charge in [0.15, 0.2) is 0 Å². The molecule has 3 N–H and O–H groups in total. The van der Waals surface area contributed by atoms with Crippen molar-refractivity contribution in [3.63, 3.8) is 0 Å². The predicted molar refractivity (Wildman–Crippen MR) is 64.5 cm³/mol. The molecule has 0 spiro atoms. The maximum atomic E-state index is 11.5. The number of hydrogen-bond donors (Lipinski definition) is 3. The molecule has 0 fully saturated rings. The Balaban J connectivity index is 2.06. The Hall–Kier alpha value is -2.15. The van der Waals surface area contributed by atoms with E-state index in [1.165, 1.54) is 0 Å². The molecule has 2 heterocycles. The van der Waals surface area contributed by atoms with Crippen molar-refractivity contribution in [3.8, 4) is 0 Å². The average Bonchev–Trinajstić information content (AvgIpc) is 2.71. The zero-order valence-electron chi connectivity index (χ0n) is 9.79. The Morgan fingerprint density at radius 3 is 3.11 bits per heavy atom. The summed E-state index contributed by atoms with van der Waals surface area (Å²) in [6, 6.07) is 5.40. The first kappa shape index (κ1) is 11.0. The lowest BCUT2D eigenvalue weighted by atomic mass is 9.93. The number of aromatic nitrogens is 3. The highest BCUT2D eigenvalue weighted by atomic mass is 16.5. The number of aliphatic hydroxyl groups excluding tert-OH is 1. The quantitative estimate of drug-likeness (QED) is 0.482. The summed E-state index contributed by atoms with van der Waals surface area (Å²) in [7, 11) is 0. The Bertz CT molecular complexity index is 621. The smallest absolute Gasteiger partial charge is 0.249 e. The largest absolute Gasteiger partial charge is 0.692 e. The van der Waals surface area contributed by atoms with Crippen molar-refractivity contribution in [1.82, 2.24) is 15.7 Å². The highest BCUT2D eigenvalue weighted by Gasteiger charge is 2.23. The van der Waals surface area contributed by atoms with E-state index in [-0.39, 0.29) is 5.92 Å². The molecular weight excluding hydrogens is 234 g/mol. The molecule has 7 heteroatoms. The van der Waals surface area contributed by atoms with E-state index in [0.29, 0.717) is 22.3 Å². The van der Waals surface area contributed by atoms with Crippen LogP contribution in [0, 0.1) is 11.1 Å². The van der Waals surface area contributed by atoms with Crippen molar-refractivity contribution >= 4 is 16.7 Å². The summed E-state index contributed by atoms with van der Waals surface area (Å²) in [5.41, 5.74) is 5.45. The zero-order valence-corrected chi connectivity index (χ0v) is 9.79. The second-order valence-electron chi connectivity index (χ2n) is 4.49. The van der Waals surface area contributed by atoms with Gasteiger partial charge in [-0.25, -0.2) is 0 Å². The molecule has 2 unspecified atom stereocenters. The summed E-state index contributed by atoms with van der Waals surface area (Å²) in [4.78, 5) is 0.620.